The fourth-order valence-electron chi connectivity index (χ4n) is 1.18. The molecule has 0 radical (unpaired) electrons. The van der Waals surface area contributed by atoms with E-state index in [0.29, 0.717) is 0 Å². The Morgan fingerprint density at radius 3 is 2.24 bits per heavy atom. The van der Waals surface area contributed by atoms with Gasteiger partial charge in [0, 0.05) is 14.1 Å². The summed E-state index contributed by atoms with van der Waals surface area (Å²) in [7, 11) is -0.307. The van der Waals surface area contributed by atoms with Crippen LogP contribution in [0.2, 0.25) is 0 Å². The molecule has 0 saturated carbocycles. The smallest absolute Gasteiger partial charge is 0.366 e. The molecule has 102 valence electrons. The van der Waals surface area contributed by atoms with E-state index in [0.717, 1.165) is 12.8 Å². The summed E-state index contributed by atoms with van der Waals surface area (Å²) in [6.07, 6.45) is 3.09. The second-order valence-corrected chi connectivity index (χ2v) is 6.01. The van der Waals surface area contributed by atoms with Crippen molar-refractivity contribution in [1.29, 1.82) is 0 Å². The second-order valence-electron chi connectivity index (χ2n) is 4.29. The Balaban J connectivity index is 4.72. The van der Waals surface area contributed by atoms with E-state index in [-0.39, 0.29) is 6.61 Å². The highest BCUT2D eigenvalue weighted by Gasteiger charge is 2.48. The van der Waals surface area contributed by atoms with Gasteiger partial charge < -0.3 is 13.6 Å². The van der Waals surface area contributed by atoms with Crippen molar-refractivity contribution < 1.29 is 18.2 Å². The molecule has 1 unspecified atom stereocenters. The Morgan fingerprint density at radius 1 is 1.35 bits per heavy atom. The normalized spacial score (nSPS) is 15.9. The number of hydroxylamine groups is 2. The van der Waals surface area contributed by atoms with E-state index in [1.54, 1.807) is 20.2 Å². The molecular formula is C11H25NO4Si. The Bertz CT molecular complexity index is 234. The first-order valence-corrected chi connectivity index (χ1v) is 7.52. The summed E-state index contributed by atoms with van der Waals surface area (Å²) in [6, 6.07) is 0. The summed E-state index contributed by atoms with van der Waals surface area (Å²) in [6.45, 7) is 9.67. The van der Waals surface area contributed by atoms with E-state index in [4.69, 9.17) is 13.4 Å². The highest BCUT2D eigenvalue weighted by Crippen LogP contribution is 2.24. The molecule has 17 heavy (non-hydrogen) atoms. The number of hydrogen-bond donors (Lipinski definition) is 1. The molecule has 0 spiro atoms. The van der Waals surface area contributed by atoms with E-state index in [9.17, 15) is 4.80 Å². The molecule has 0 saturated heterocycles. The van der Waals surface area contributed by atoms with Crippen LogP contribution in [0.15, 0.2) is 12.7 Å². The van der Waals surface area contributed by atoms with Gasteiger partial charge in [-0.2, -0.15) is 0 Å². The summed E-state index contributed by atoms with van der Waals surface area (Å²) in [4.78, 5) is 10.3. The van der Waals surface area contributed by atoms with Crippen LogP contribution in [0.5, 0.6) is 0 Å². The van der Waals surface area contributed by atoms with Crippen LogP contribution < -0.4 is 0 Å². The highest BCUT2D eigenvalue weighted by atomic mass is 28.4. The van der Waals surface area contributed by atoms with Crippen molar-refractivity contribution >= 4 is 9.05 Å². The van der Waals surface area contributed by atoms with Gasteiger partial charge in [0.05, 0.1) is 12.2 Å². The van der Waals surface area contributed by atoms with Crippen LogP contribution in [0.3, 0.4) is 0 Å². The first kappa shape index (κ1) is 16.8. The van der Waals surface area contributed by atoms with Gasteiger partial charge in [-0.25, -0.2) is 5.06 Å². The molecule has 0 fully saturated rings. The molecule has 0 bridgehead atoms. The first-order valence-electron chi connectivity index (χ1n) is 5.84. The monoisotopic (exact) mass is 263 g/mol. The summed E-state index contributed by atoms with van der Waals surface area (Å²) in [5, 5.41) is 1.39. The molecule has 6 heteroatoms. The van der Waals surface area contributed by atoms with E-state index in [1.807, 2.05) is 20.8 Å². The topological polar surface area (TPSA) is 51.2 Å². The van der Waals surface area contributed by atoms with Gasteiger partial charge in [0.1, 0.15) is 0 Å². The van der Waals surface area contributed by atoms with Gasteiger partial charge >= 0.3 is 9.05 Å². The fraction of sp³-hybridized carbons (Fsp3) is 0.818. The van der Waals surface area contributed by atoms with Crippen molar-refractivity contribution in [3.8, 4) is 0 Å². The zero-order chi connectivity index (χ0) is 13.5. The zero-order valence-corrected chi connectivity index (χ0v) is 12.5. The third-order valence-corrected chi connectivity index (χ3v) is 4.43. The molecule has 1 N–H and O–H groups in total. The van der Waals surface area contributed by atoms with Crippen molar-refractivity contribution in [1.82, 2.24) is 5.06 Å². The lowest BCUT2D eigenvalue weighted by Gasteiger charge is -2.35. The molecule has 0 aromatic rings. The third kappa shape index (κ3) is 6.30. The summed E-state index contributed by atoms with van der Waals surface area (Å²) >= 11 is 0. The van der Waals surface area contributed by atoms with E-state index >= 15 is 0 Å². The lowest BCUT2D eigenvalue weighted by molar-refractivity contribution is -0.152. The van der Waals surface area contributed by atoms with Crippen molar-refractivity contribution in [3.05, 3.63) is 12.7 Å². The Hall–Kier alpha value is -0.243. The van der Waals surface area contributed by atoms with E-state index in [2.05, 4.69) is 6.58 Å². The van der Waals surface area contributed by atoms with Crippen molar-refractivity contribution in [2.45, 2.75) is 39.2 Å². The lowest BCUT2D eigenvalue weighted by Crippen LogP contribution is -2.54. The van der Waals surface area contributed by atoms with Gasteiger partial charge in [0.25, 0.3) is 0 Å². The summed E-state index contributed by atoms with van der Waals surface area (Å²) in [5.74, 6) is 0. The first-order chi connectivity index (χ1) is 7.81. The van der Waals surface area contributed by atoms with Crippen LogP contribution in [0.1, 0.15) is 33.6 Å². The minimum Gasteiger partial charge on any atom is -0.366 e. The van der Waals surface area contributed by atoms with Crippen LogP contribution in [0.4, 0.5) is 0 Å². The Labute approximate surface area is 105 Å². The Kier molecular flexibility index (Phi) is 7.15. The molecule has 0 amide bonds. The largest absolute Gasteiger partial charge is 0.695 e. The van der Waals surface area contributed by atoms with Gasteiger partial charge in [0.2, 0.25) is 0 Å². The maximum absolute atomic E-state index is 10.3. The van der Waals surface area contributed by atoms with Crippen molar-refractivity contribution in [2.75, 3.05) is 20.7 Å². The highest BCUT2D eigenvalue weighted by molar-refractivity contribution is 6.51. The number of hydrogen-bond acceptors (Lipinski definition) is 5. The van der Waals surface area contributed by atoms with Crippen LogP contribution in [0, 0.1) is 0 Å². The van der Waals surface area contributed by atoms with Crippen molar-refractivity contribution in [2.24, 2.45) is 0 Å². The van der Waals surface area contributed by atoms with Gasteiger partial charge in [-0.15, -0.1) is 6.58 Å². The molecular weight excluding hydrogens is 238 g/mol. The van der Waals surface area contributed by atoms with Crippen LogP contribution in [0.25, 0.3) is 0 Å². The number of nitrogens with zero attached hydrogens (tertiary/aromatic N) is 1. The van der Waals surface area contributed by atoms with Crippen LogP contribution in [-0.2, 0) is 13.4 Å². The average molecular weight is 263 g/mol. The minimum atomic E-state index is -3.66. The SMILES string of the molecule is C=CCO[Si](O)(ON(C)C)OC(C)(CC)CC. The number of rotatable bonds is 9. The molecule has 5 nitrogen and oxygen atoms in total. The molecule has 1 atom stereocenters. The predicted octanol–water partition coefficient (Wildman–Crippen LogP) is 1.71. The lowest BCUT2D eigenvalue weighted by atomic mass is 10.0. The summed E-state index contributed by atoms with van der Waals surface area (Å²) < 4.78 is 16.3. The van der Waals surface area contributed by atoms with E-state index in [1.165, 1.54) is 5.06 Å². The third-order valence-electron chi connectivity index (χ3n) is 2.55. The standard InChI is InChI=1S/C11H25NO4Si/c1-7-10-14-17(13,16-12(5)6)15-11(4,8-2)9-3/h7,13H,1,8-10H2,2-6H3. The quantitative estimate of drug-likeness (QED) is 0.390. The molecule has 0 aliphatic carbocycles. The fourth-order valence-corrected chi connectivity index (χ4v) is 3.03. The minimum absolute atomic E-state index is 0.195. The van der Waals surface area contributed by atoms with Gasteiger partial charge in [-0.3, -0.25) is 4.53 Å². The maximum Gasteiger partial charge on any atom is 0.695 e. The average Bonchev–Trinajstić information content (AvgIpc) is 2.25. The predicted molar refractivity (Wildman–Crippen MR) is 69.0 cm³/mol. The van der Waals surface area contributed by atoms with Crippen LogP contribution >= 0.6 is 0 Å². The maximum atomic E-state index is 10.3. The van der Waals surface area contributed by atoms with Gasteiger partial charge in [-0.1, -0.05) is 19.9 Å². The van der Waals surface area contributed by atoms with Crippen molar-refractivity contribution in [3.63, 3.8) is 0 Å². The molecule has 0 aliphatic heterocycles. The second kappa shape index (κ2) is 7.25. The molecule has 0 rings (SSSR count). The molecule has 0 heterocycles. The van der Waals surface area contributed by atoms with E-state index < -0.39 is 14.6 Å². The molecule has 0 aromatic heterocycles. The molecule has 0 aliphatic rings. The van der Waals surface area contributed by atoms with Gasteiger partial charge in [0.15, 0.2) is 0 Å². The van der Waals surface area contributed by atoms with Gasteiger partial charge in [-0.05, 0) is 19.8 Å². The van der Waals surface area contributed by atoms with Crippen LogP contribution in [-0.4, -0.2) is 45.2 Å². The molecule has 0 aromatic carbocycles. The zero-order valence-electron chi connectivity index (χ0n) is 11.5. The Morgan fingerprint density at radius 2 is 1.88 bits per heavy atom. The summed E-state index contributed by atoms with van der Waals surface area (Å²) in [5.41, 5.74) is -0.446.